The van der Waals surface area contributed by atoms with E-state index >= 15 is 0 Å². The smallest absolute Gasteiger partial charge is 0.129 e. The van der Waals surface area contributed by atoms with E-state index in [2.05, 4.69) is 12.1 Å². The van der Waals surface area contributed by atoms with Crippen LogP contribution in [0.1, 0.15) is 16.7 Å². The van der Waals surface area contributed by atoms with Gasteiger partial charge in [0.2, 0.25) is 0 Å². The maximum atomic E-state index is 6.30. The van der Waals surface area contributed by atoms with Gasteiger partial charge in [-0.1, -0.05) is 77.3 Å². The molecule has 0 amide bonds. The summed E-state index contributed by atoms with van der Waals surface area (Å²) in [4.78, 5) is 4.70. The van der Waals surface area contributed by atoms with Crippen molar-refractivity contribution in [3.63, 3.8) is 0 Å². The quantitative estimate of drug-likeness (QED) is 0.277. The van der Waals surface area contributed by atoms with Crippen LogP contribution in [-0.4, -0.2) is 6.21 Å². The molecule has 0 spiro atoms. The van der Waals surface area contributed by atoms with Crippen LogP contribution < -0.4 is 4.74 Å². The summed E-state index contributed by atoms with van der Waals surface area (Å²) >= 11 is 18.4. The molecule has 30 heavy (non-hydrogen) atoms. The third kappa shape index (κ3) is 4.62. The van der Waals surface area contributed by atoms with Gasteiger partial charge < -0.3 is 4.74 Å². The molecule has 4 rings (SSSR count). The van der Waals surface area contributed by atoms with E-state index < -0.39 is 0 Å². The third-order valence-corrected chi connectivity index (χ3v) is 5.65. The summed E-state index contributed by atoms with van der Waals surface area (Å²) in [6, 6.07) is 23.2. The number of aliphatic imine (C=N–C) groups is 1. The zero-order valence-electron chi connectivity index (χ0n) is 16.2. The normalized spacial score (nSPS) is 11.3. The first-order chi connectivity index (χ1) is 14.5. The molecule has 2 nitrogen and oxygen atoms in total. The predicted molar refractivity (Wildman–Crippen MR) is 128 cm³/mol. The van der Waals surface area contributed by atoms with Crippen LogP contribution in [0, 0.1) is 6.92 Å². The molecule has 4 aromatic rings. The third-order valence-electron chi connectivity index (χ3n) is 4.83. The number of hydrogen-bond donors (Lipinski definition) is 0. The second-order valence-corrected chi connectivity index (χ2v) is 8.19. The standard InChI is InChI=1S/C25H18Cl3NO/c1-16-6-9-20(27)13-24(16)29-14-22-21-5-3-2-4-17(21)8-11-25(22)30-15-18-7-10-19(26)12-23(18)28/h2-14H,15H2,1H3. The summed E-state index contributed by atoms with van der Waals surface area (Å²) in [5, 5.41) is 3.99. The number of hydrogen-bond acceptors (Lipinski definition) is 2. The fraction of sp³-hybridized carbons (Fsp3) is 0.0800. The molecule has 150 valence electrons. The zero-order valence-corrected chi connectivity index (χ0v) is 18.5. The van der Waals surface area contributed by atoms with Gasteiger partial charge in [0, 0.05) is 32.4 Å². The van der Waals surface area contributed by atoms with Crippen LogP contribution in [0.5, 0.6) is 5.75 Å². The lowest BCUT2D eigenvalue weighted by Gasteiger charge is -2.13. The summed E-state index contributed by atoms with van der Waals surface area (Å²) in [6.07, 6.45) is 1.83. The largest absolute Gasteiger partial charge is 0.488 e. The molecule has 0 radical (unpaired) electrons. The van der Waals surface area contributed by atoms with E-state index in [0.717, 1.165) is 38.9 Å². The van der Waals surface area contributed by atoms with Crippen molar-refractivity contribution in [1.29, 1.82) is 0 Å². The summed E-state index contributed by atoms with van der Waals surface area (Å²) in [5.41, 5.74) is 3.63. The van der Waals surface area contributed by atoms with Crippen molar-refractivity contribution in [2.45, 2.75) is 13.5 Å². The SMILES string of the molecule is Cc1ccc(Cl)cc1N=Cc1c(OCc2ccc(Cl)cc2Cl)ccc2ccccc12. The summed E-state index contributed by atoms with van der Waals surface area (Å²) in [5.74, 6) is 0.725. The average Bonchev–Trinajstić information content (AvgIpc) is 2.74. The maximum Gasteiger partial charge on any atom is 0.129 e. The molecule has 0 aromatic heterocycles. The van der Waals surface area contributed by atoms with Crippen molar-refractivity contribution in [3.8, 4) is 5.75 Å². The van der Waals surface area contributed by atoms with Crippen LogP contribution in [0.2, 0.25) is 15.1 Å². The van der Waals surface area contributed by atoms with E-state index in [1.165, 1.54) is 0 Å². The van der Waals surface area contributed by atoms with E-state index in [0.29, 0.717) is 21.7 Å². The van der Waals surface area contributed by atoms with Crippen molar-refractivity contribution in [3.05, 3.63) is 105 Å². The van der Waals surface area contributed by atoms with Crippen LogP contribution in [0.25, 0.3) is 10.8 Å². The summed E-state index contributed by atoms with van der Waals surface area (Å²) in [6.45, 7) is 2.33. The minimum absolute atomic E-state index is 0.325. The fourth-order valence-corrected chi connectivity index (χ4v) is 3.81. The van der Waals surface area contributed by atoms with Gasteiger partial charge in [-0.2, -0.15) is 0 Å². The molecule has 0 bridgehead atoms. The number of aryl methyl sites for hydroxylation is 1. The minimum atomic E-state index is 0.325. The average molecular weight is 455 g/mol. The lowest BCUT2D eigenvalue weighted by Crippen LogP contribution is -2.00. The Morgan fingerprint density at radius 1 is 0.867 bits per heavy atom. The van der Waals surface area contributed by atoms with E-state index in [-0.39, 0.29) is 0 Å². The molecule has 0 atom stereocenters. The van der Waals surface area contributed by atoms with Gasteiger partial charge in [-0.3, -0.25) is 4.99 Å². The van der Waals surface area contributed by atoms with Gasteiger partial charge in [0.15, 0.2) is 0 Å². The topological polar surface area (TPSA) is 21.6 Å². The highest BCUT2D eigenvalue weighted by Crippen LogP contribution is 2.30. The molecule has 0 N–H and O–H groups in total. The van der Waals surface area contributed by atoms with Crippen LogP contribution in [0.3, 0.4) is 0 Å². The maximum absolute atomic E-state index is 6.30. The molecule has 0 aliphatic heterocycles. The number of rotatable bonds is 5. The molecule has 4 aromatic carbocycles. The number of benzene rings is 4. The second-order valence-electron chi connectivity index (χ2n) is 6.91. The van der Waals surface area contributed by atoms with Crippen molar-refractivity contribution >= 4 is 57.5 Å². The Balaban J connectivity index is 1.72. The second kappa shape index (κ2) is 9.09. The molecule has 0 fully saturated rings. The van der Waals surface area contributed by atoms with Crippen LogP contribution in [0.15, 0.2) is 77.8 Å². The highest BCUT2D eigenvalue weighted by atomic mass is 35.5. The first-order valence-corrected chi connectivity index (χ1v) is 10.5. The lowest BCUT2D eigenvalue weighted by atomic mass is 10.0. The van der Waals surface area contributed by atoms with Crippen LogP contribution in [0.4, 0.5) is 5.69 Å². The van der Waals surface area contributed by atoms with Crippen molar-refractivity contribution in [2.75, 3.05) is 0 Å². The first-order valence-electron chi connectivity index (χ1n) is 9.40. The molecular formula is C25H18Cl3NO. The Hall–Kier alpha value is -2.52. The monoisotopic (exact) mass is 453 g/mol. The Bertz CT molecular complexity index is 1250. The number of halogens is 3. The summed E-state index contributed by atoms with van der Waals surface area (Å²) < 4.78 is 6.15. The van der Waals surface area contributed by atoms with Gasteiger partial charge in [-0.05, 0) is 53.6 Å². The Morgan fingerprint density at radius 3 is 2.47 bits per heavy atom. The van der Waals surface area contributed by atoms with Gasteiger partial charge in [0.05, 0.1) is 5.69 Å². The predicted octanol–water partition coefficient (Wildman–Crippen LogP) is 8.44. The van der Waals surface area contributed by atoms with Crippen molar-refractivity contribution < 1.29 is 4.74 Å². The molecule has 0 heterocycles. The molecule has 0 saturated heterocycles. The lowest BCUT2D eigenvalue weighted by molar-refractivity contribution is 0.306. The Kier molecular flexibility index (Phi) is 6.29. The Morgan fingerprint density at radius 2 is 1.63 bits per heavy atom. The van der Waals surface area contributed by atoms with Gasteiger partial charge in [0.1, 0.15) is 12.4 Å². The number of nitrogens with zero attached hydrogens (tertiary/aromatic N) is 1. The van der Waals surface area contributed by atoms with E-state index in [1.807, 2.05) is 61.7 Å². The molecule has 0 unspecified atom stereocenters. The van der Waals surface area contributed by atoms with Crippen molar-refractivity contribution in [2.24, 2.45) is 4.99 Å². The van der Waals surface area contributed by atoms with Crippen LogP contribution in [-0.2, 0) is 6.61 Å². The molecule has 0 aliphatic rings. The highest BCUT2D eigenvalue weighted by molar-refractivity contribution is 6.35. The molecule has 0 saturated carbocycles. The van der Waals surface area contributed by atoms with E-state index in [9.17, 15) is 0 Å². The number of ether oxygens (including phenoxy) is 1. The molecule has 5 heteroatoms. The van der Waals surface area contributed by atoms with Crippen molar-refractivity contribution in [1.82, 2.24) is 0 Å². The molecular weight excluding hydrogens is 437 g/mol. The van der Waals surface area contributed by atoms with Gasteiger partial charge in [-0.25, -0.2) is 0 Å². The molecule has 0 aliphatic carbocycles. The van der Waals surface area contributed by atoms with E-state index in [1.54, 1.807) is 12.1 Å². The van der Waals surface area contributed by atoms with Gasteiger partial charge in [0.25, 0.3) is 0 Å². The first kappa shape index (κ1) is 20.7. The minimum Gasteiger partial charge on any atom is -0.488 e. The van der Waals surface area contributed by atoms with Gasteiger partial charge >= 0.3 is 0 Å². The fourth-order valence-electron chi connectivity index (χ4n) is 3.18. The Labute approximate surface area is 190 Å². The van der Waals surface area contributed by atoms with Gasteiger partial charge in [-0.15, -0.1) is 0 Å². The zero-order chi connectivity index (χ0) is 21.1. The summed E-state index contributed by atoms with van der Waals surface area (Å²) in [7, 11) is 0. The van der Waals surface area contributed by atoms with E-state index in [4.69, 9.17) is 44.5 Å². The highest BCUT2D eigenvalue weighted by Gasteiger charge is 2.09. The van der Waals surface area contributed by atoms with Crippen LogP contribution >= 0.6 is 34.8 Å². The number of fused-ring (bicyclic) bond motifs is 1.